The van der Waals surface area contributed by atoms with Crippen LogP contribution in [-0.4, -0.2) is 37.9 Å². The van der Waals surface area contributed by atoms with Crippen LogP contribution in [0.5, 0.6) is 5.75 Å². The van der Waals surface area contributed by atoms with Crippen LogP contribution in [0.2, 0.25) is 0 Å². The molecule has 0 radical (unpaired) electrons. The number of methoxy groups -OCH3 is 1. The summed E-state index contributed by atoms with van der Waals surface area (Å²) in [5.74, 6) is 0.778. The summed E-state index contributed by atoms with van der Waals surface area (Å²) in [6.07, 6.45) is 1.26. The summed E-state index contributed by atoms with van der Waals surface area (Å²) in [6.45, 7) is 1.57. The van der Waals surface area contributed by atoms with Gasteiger partial charge in [-0.15, -0.1) is 11.3 Å². The van der Waals surface area contributed by atoms with Crippen LogP contribution in [0.15, 0.2) is 41.8 Å². The Morgan fingerprint density at radius 2 is 2.04 bits per heavy atom. The molecule has 3 rings (SSSR count). The van der Waals surface area contributed by atoms with Crippen LogP contribution in [0.3, 0.4) is 0 Å². The number of carbonyl (C=O) groups is 1. The molecule has 5 nitrogen and oxygen atoms in total. The molecule has 2 heterocycles. The first kappa shape index (κ1) is 18.9. The Bertz CT molecular complexity index is 693. The van der Waals surface area contributed by atoms with Crippen molar-refractivity contribution in [3.63, 3.8) is 0 Å². The fourth-order valence-electron chi connectivity index (χ4n) is 3.39. The fourth-order valence-corrected chi connectivity index (χ4v) is 4.14. The van der Waals surface area contributed by atoms with Crippen molar-refractivity contribution >= 4 is 17.2 Å². The topological polar surface area (TPSA) is 67.8 Å². The molecule has 2 N–H and O–H groups in total. The van der Waals surface area contributed by atoms with Gasteiger partial charge in [-0.2, -0.15) is 0 Å². The second kappa shape index (κ2) is 8.66. The Morgan fingerprint density at radius 3 is 2.65 bits per heavy atom. The summed E-state index contributed by atoms with van der Waals surface area (Å²) in [5.41, 5.74) is 0.399. The number of nitrogens with one attached hydrogen (secondary N) is 1. The molecule has 140 valence electrons. The average molecular weight is 375 g/mol. The quantitative estimate of drug-likeness (QED) is 0.781. The van der Waals surface area contributed by atoms with Gasteiger partial charge in [0.15, 0.2) is 0 Å². The van der Waals surface area contributed by atoms with Crippen LogP contribution >= 0.6 is 11.3 Å². The number of amides is 1. The summed E-state index contributed by atoms with van der Waals surface area (Å²) in [7, 11) is 1.63. The van der Waals surface area contributed by atoms with Crippen LogP contribution in [0.4, 0.5) is 0 Å². The summed E-state index contributed by atoms with van der Waals surface area (Å²) < 4.78 is 10.7. The number of benzene rings is 1. The molecule has 1 fully saturated rings. The lowest BCUT2D eigenvalue weighted by molar-refractivity contribution is -0.130. The van der Waals surface area contributed by atoms with Crippen molar-refractivity contribution in [3.8, 4) is 5.75 Å². The van der Waals surface area contributed by atoms with Crippen molar-refractivity contribution in [1.29, 1.82) is 0 Å². The number of aliphatic hydroxyl groups excluding tert-OH is 1. The highest BCUT2D eigenvalue weighted by Crippen LogP contribution is 2.36. The molecule has 0 bridgehead atoms. The van der Waals surface area contributed by atoms with Crippen molar-refractivity contribution < 1.29 is 19.4 Å². The standard InChI is InChI=1S/C20H25NO4S/c1-24-16-6-4-15(5-7-16)20(9-12-25-13-10-20)19(23)21-11-8-17(22)18-3-2-14-26-18/h2-7,14,17,22H,8-13H2,1H3,(H,21,23). The molecular weight excluding hydrogens is 350 g/mol. The van der Waals surface area contributed by atoms with Gasteiger partial charge < -0.3 is 19.9 Å². The van der Waals surface area contributed by atoms with Gasteiger partial charge in [-0.25, -0.2) is 0 Å². The minimum absolute atomic E-state index is 0.00402. The van der Waals surface area contributed by atoms with Gasteiger partial charge in [0.05, 0.1) is 18.6 Å². The number of ether oxygens (including phenoxy) is 2. The van der Waals surface area contributed by atoms with Crippen LogP contribution in [0.25, 0.3) is 0 Å². The van der Waals surface area contributed by atoms with Crippen LogP contribution in [0, 0.1) is 0 Å². The third-order valence-electron chi connectivity index (χ3n) is 5.00. The van der Waals surface area contributed by atoms with Crippen molar-refractivity contribution in [2.75, 3.05) is 26.9 Å². The Kier molecular flexibility index (Phi) is 6.29. The van der Waals surface area contributed by atoms with Gasteiger partial charge in [0.25, 0.3) is 0 Å². The van der Waals surface area contributed by atoms with Gasteiger partial charge in [-0.1, -0.05) is 18.2 Å². The number of rotatable bonds is 7. The first-order chi connectivity index (χ1) is 12.7. The lowest BCUT2D eigenvalue weighted by Gasteiger charge is -2.36. The molecule has 1 unspecified atom stereocenters. The van der Waals surface area contributed by atoms with E-state index in [1.807, 2.05) is 41.8 Å². The maximum absolute atomic E-state index is 13.1. The van der Waals surface area contributed by atoms with E-state index < -0.39 is 11.5 Å². The zero-order valence-electron chi connectivity index (χ0n) is 14.9. The lowest BCUT2D eigenvalue weighted by atomic mass is 9.73. The molecule has 2 aromatic rings. The zero-order valence-corrected chi connectivity index (χ0v) is 15.8. The second-order valence-electron chi connectivity index (χ2n) is 6.50. The molecule has 6 heteroatoms. The number of carbonyl (C=O) groups excluding carboxylic acids is 1. The third kappa shape index (κ3) is 4.09. The van der Waals surface area contributed by atoms with E-state index in [0.717, 1.165) is 16.2 Å². The smallest absolute Gasteiger partial charge is 0.230 e. The van der Waals surface area contributed by atoms with Gasteiger partial charge in [-0.3, -0.25) is 4.79 Å². The van der Waals surface area contributed by atoms with E-state index in [9.17, 15) is 9.90 Å². The highest BCUT2D eigenvalue weighted by Gasteiger charge is 2.41. The molecule has 0 aliphatic carbocycles. The highest BCUT2D eigenvalue weighted by atomic mass is 32.1. The second-order valence-corrected chi connectivity index (χ2v) is 7.48. The number of hydrogen-bond donors (Lipinski definition) is 2. The third-order valence-corrected chi connectivity index (χ3v) is 5.97. The molecule has 1 saturated heterocycles. The lowest BCUT2D eigenvalue weighted by Crippen LogP contribution is -2.48. The van der Waals surface area contributed by atoms with E-state index in [0.29, 0.717) is 39.0 Å². The molecule has 26 heavy (non-hydrogen) atoms. The van der Waals surface area contributed by atoms with E-state index >= 15 is 0 Å². The van der Waals surface area contributed by atoms with Gasteiger partial charge in [0.2, 0.25) is 5.91 Å². The van der Waals surface area contributed by atoms with E-state index in [1.54, 1.807) is 7.11 Å². The van der Waals surface area contributed by atoms with Gasteiger partial charge in [0.1, 0.15) is 5.75 Å². The normalized spacial score (nSPS) is 17.5. The Labute approximate surface area is 158 Å². The van der Waals surface area contributed by atoms with Crippen LogP contribution in [-0.2, 0) is 14.9 Å². The zero-order chi connectivity index (χ0) is 18.4. The molecule has 1 aromatic carbocycles. The highest BCUT2D eigenvalue weighted by molar-refractivity contribution is 7.10. The summed E-state index contributed by atoms with van der Waals surface area (Å²) in [6, 6.07) is 11.5. The van der Waals surface area contributed by atoms with Gasteiger partial charge in [-0.05, 0) is 48.4 Å². The maximum Gasteiger partial charge on any atom is 0.230 e. The van der Waals surface area contributed by atoms with Gasteiger partial charge >= 0.3 is 0 Å². The molecule has 0 spiro atoms. The van der Waals surface area contributed by atoms with E-state index in [2.05, 4.69) is 5.32 Å². The van der Waals surface area contributed by atoms with Crippen molar-refractivity contribution in [3.05, 3.63) is 52.2 Å². The number of hydrogen-bond acceptors (Lipinski definition) is 5. The maximum atomic E-state index is 13.1. The first-order valence-corrected chi connectivity index (χ1v) is 9.76. The summed E-state index contributed by atoms with van der Waals surface area (Å²) in [5, 5.41) is 15.2. The van der Waals surface area contributed by atoms with E-state index in [4.69, 9.17) is 9.47 Å². The molecule has 0 saturated carbocycles. The molecule has 1 amide bonds. The summed E-state index contributed by atoms with van der Waals surface area (Å²) in [4.78, 5) is 14.0. The first-order valence-electron chi connectivity index (χ1n) is 8.88. The van der Waals surface area contributed by atoms with Crippen LogP contribution in [0.1, 0.15) is 35.8 Å². The Hall–Kier alpha value is -1.89. The number of aliphatic hydroxyl groups is 1. The predicted molar refractivity (Wildman–Crippen MR) is 102 cm³/mol. The van der Waals surface area contributed by atoms with Crippen LogP contribution < -0.4 is 10.1 Å². The molecular formula is C20H25NO4S. The van der Waals surface area contributed by atoms with E-state index in [-0.39, 0.29) is 5.91 Å². The molecule has 1 aromatic heterocycles. The van der Waals surface area contributed by atoms with Crippen molar-refractivity contribution in [2.45, 2.75) is 30.8 Å². The van der Waals surface area contributed by atoms with Gasteiger partial charge in [0, 0.05) is 24.6 Å². The number of thiophene rings is 1. The summed E-state index contributed by atoms with van der Waals surface area (Å²) >= 11 is 1.53. The minimum atomic E-state index is -0.585. The largest absolute Gasteiger partial charge is 0.497 e. The average Bonchev–Trinajstić information content (AvgIpc) is 3.23. The van der Waals surface area contributed by atoms with Crippen molar-refractivity contribution in [1.82, 2.24) is 5.32 Å². The molecule has 1 atom stereocenters. The fraction of sp³-hybridized carbons (Fsp3) is 0.450. The van der Waals surface area contributed by atoms with Crippen molar-refractivity contribution in [2.24, 2.45) is 0 Å². The Balaban J connectivity index is 1.67. The molecule has 1 aliphatic heterocycles. The monoisotopic (exact) mass is 375 g/mol. The SMILES string of the molecule is COc1ccc(C2(C(=O)NCCC(O)c3cccs3)CCOCC2)cc1. The minimum Gasteiger partial charge on any atom is -0.497 e. The predicted octanol–water partition coefficient (Wildman–Crippen LogP) is 3.04. The molecule has 1 aliphatic rings. The Morgan fingerprint density at radius 1 is 1.31 bits per heavy atom. The van der Waals surface area contributed by atoms with E-state index in [1.165, 1.54) is 11.3 Å².